The summed E-state index contributed by atoms with van der Waals surface area (Å²) in [6.45, 7) is 29.2. The molecule has 0 unspecified atom stereocenters. The zero-order valence-electron chi connectivity index (χ0n) is 54.8. The van der Waals surface area contributed by atoms with Crippen LogP contribution in [0.25, 0.3) is 34.2 Å². The van der Waals surface area contributed by atoms with Crippen molar-refractivity contribution in [2.75, 3.05) is 0 Å². The SMILES string of the molecule is CC1(C)[C@H]2Cc3cc(-c4cc5c(cn4)[C@@H]4C[C@H](C5)C4(C)C)ncc3[C@@H]1C2.CC1(C)[C@H]2Cc3cc(-c4cc5c(cn4)[C@@H]4C[C@H](C5)C4(C)C)ncc3[C@@H]1C2.CC1(C)[C@H]2Cc3cc(-c4cc5c(cn4)[C@@H]4C[C@H](C5)C4(C)C)ncc3[C@@H]1C2.F[P-](F)(F)(F)(F)F.F[P-](F)(F)(F)(F)F.[Os+2]. The molecule has 6 heterocycles. The van der Waals surface area contributed by atoms with Crippen molar-refractivity contribution in [3.8, 4) is 34.2 Å². The van der Waals surface area contributed by atoms with Gasteiger partial charge in [-0.05, 0) is 284 Å². The number of halogens is 12. The zero-order chi connectivity index (χ0) is 66.4. The molecule has 6 saturated carbocycles. The molecule has 0 aromatic carbocycles. The van der Waals surface area contributed by atoms with E-state index in [9.17, 15) is 50.4 Å². The van der Waals surface area contributed by atoms with Gasteiger partial charge in [-0.3, -0.25) is 29.9 Å². The first-order chi connectivity index (χ1) is 42.0. The fourth-order valence-corrected chi connectivity index (χ4v) is 19.8. The van der Waals surface area contributed by atoms with Gasteiger partial charge in [-0.2, -0.15) is 0 Å². The number of pyridine rings is 6. The van der Waals surface area contributed by atoms with Crippen molar-refractivity contribution in [3.63, 3.8) is 0 Å². The van der Waals surface area contributed by atoms with Crippen molar-refractivity contribution in [1.82, 2.24) is 29.9 Å². The number of rotatable bonds is 3. The molecule has 0 N–H and O–H groups in total. The van der Waals surface area contributed by atoms with E-state index in [-0.39, 0.29) is 19.8 Å². The van der Waals surface area contributed by atoms with Crippen LogP contribution in [0.2, 0.25) is 0 Å². The van der Waals surface area contributed by atoms with E-state index >= 15 is 0 Å². The van der Waals surface area contributed by atoms with Crippen LogP contribution < -0.4 is 0 Å². The summed E-state index contributed by atoms with van der Waals surface area (Å²) in [4.78, 5) is 29.1. The molecule has 12 atom stereocenters. The molecule has 6 fully saturated rings. The predicted octanol–water partition coefficient (Wildman–Crippen LogP) is 23.3. The molecule has 18 aliphatic carbocycles. The summed E-state index contributed by atoms with van der Waals surface area (Å²) in [7, 11) is -21.3. The van der Waals surface area contributed by atoms with E-state index in [1.807, 2.05) is 0 Å². The van der Waals surface area contributed by atoms with E-state index in [1.165, 1.54) is 144 Å². The Balaban J connectivity index is 0.000000115. The van der Waals surface area contributed by atoms with Gasteiger partial charge in [0, 0.05) is 37.2 Å². The second-order valence-electron chi connectivity index (χ2n) is 33.6. The van der Waals surface area contributed by atoms with Crippen molar-refractivity contribution in [3.05, 3.63) is 140 Å². The average Bonchev–Trinajstić information content (AvgIpc) is 0.739. The number of nitrogens with zero attached hydrogens (tertiary/aromatic N) is 6. The molecular formula is C72H84F12N6OsP2. The fraction of sp³-hybridized carbons (Fsp3) is 0.583. The normalized spacial score (nSPS) is 32.1. The maximum atomic E-state index is 9.87. The van der Waals surface area contributed by atoms with E-state index in [1.54, 1.807) is 0 Å². The Morgan fingerprint density at radius 2 is 0.376 bits per heavy atom. The molecule has 6 aromatic rings. The van der Waals surface area contributed by atoms with Gasteiger partial charge in [0.05, 0.1) is 34.2 Å². The van der Waals surface area contributed by atoms with Crippen LogP contribution in [0.3, 0.4) is 0 Å². The Morgan fingerprint density at radius 3 is 0.484 bits per heavy atom. The Labute approximate surface area is 550 Å². The standard InChI is InChI=1S/3C24H28N2.2F6P.Os/c3*1-23(2)15-5-13-7-21(25-11-17(13)19(23)9-15)22-8-14-6-16-10-20(24(16,3)4)18(14)12-26-22;2*1-7(2,3,4,5)6;/h3*7-8,11-12,15-16,19-20H,5-6,9-10H2,1-4H3;;;/q;;;2*-1;+2/t3*15-,16-,19-,20-;;;/m000.../s1. The summed E-state index contributed by atoms with van der Waals surface area (Å²) in [6, 6.07) is 14.0. The van der Waals surface area contributed by atoms with Gasteiger partial charge in [0.25, 0.3) is 0 Å². The van der Waals surface area contributed by atoms with Gasteiger partial charge >= 0.3 is 85.8 Å². The van der Waals surface area contributed by atoms with Gasteiger partial charge in [-0.1, -0.05) is 83.1 Å². The smallest absolute Gasteiger partial charge is 2.00 e. The van der Waals surface area contributed by atoms with Gasteiger partial charge in [-0.15, -0.1) is 0 Å². The van der Waals surface area contributed by atoms with Crippen molar-refractivity contribution in [2.24, 2.45) is 68.0 Å². The van der Waals surface area contributed by atoms with Crippen LogP contribution in [-0.4, -0.2) is 29.9 Å². The zero-order valence-corrected chi connectivity index (χ0v) is 59.1. The first-order valence-electron chi connectivity index (χ1n) is 33.0. The Hall–Kier alpha value is -4.44. The molecule has 24 rings (SSSR count). The third kappa shape index (κ3) is 12.2. The molecule has 0 radical (unpaired) electrons. The second kappa shape index (κ2) is 19.9. The summed E-state index contributed by atoms with van der Waals surface area (Å²) < 4.78 is 118. The van der Waals surface area contributed by atoms with E-state index in [0.29, 0.717) is 68.0 Å². The maximum absolute atomic E-state index is 10.7. The van der Waals surface area contributed by atoms with Crippen LogP contribution >= 0.6 is 15.6 Å². The minimum Gasteiger partial charge on any atom is 2.00 e. The minimum absolute atomic E-state index is 0. The van der Waals surface area contributed by atoms with Crippen molar-refractivity contribution in [2.45, 2.75) is 196 Å². The molecule has 6 nitrogen and oxygen atoms in total. The summed E-state index contributed by atoms with van der Waals surface area (Å²) >= 11 is 0. The van der Waals surface area contributed by atoms with Gasteiger partial charge in [-0.25, -0.2) is 0 Å². The van der Waals surface area contributed by atoms with Crippen LogP contribution in [0.15, 0.2) is 73.6 Å². The maximum Gasteiger partial charge on any atom is 2.00 e. The molecule has 0 aliphatic heterocycles. The van der Waals surface area contributed by atoms with Gasteiger partial charge < -0.3 is 0 Å². The first-order valence-corrected chi connectivity index (χ1v) is 37.1. The largest absolute Gasteiger partial charge is 2.00 e. The molecule has 18 aliphatic rings. The monoisotopic (exact) mass is 1510 g/mol. The summed E-state index contributed by atoms with van der Waals surface area (Å²) in [5.41, 5.74) is 27.4. The van der Waals surface area contributed by atoms with E-state index in [4.69, 9.17) is 29.9 Å². The Morgan fingerprint density at radius 1 is 0.258 bits per heavy atom. The Bertz CT molecular complexity index is 3440. The van der Waals surface area contributed by atoms with E-state index in [2.05, 4.69) is 157 Å². The molecule has 21 heteroatoms. The van der Waals surface area contributed by atoms with Crippen LogP contribution in [-0.2, 0) is 58.3 Å². The van der Waals surface area contributed by atoms with Gasteiger partial charge in [0.15, 0.2) is 0 Å². The van der Waals surface area contributed by atoms with Crippen molar-refractivity contribution in [1.29, 1.82) is 0 Å². The topological polar surface area (TPSA) is 77.3 Å². The second-order valence-corrected chi connectivity index (χ2v) is 37.4. The molecule has 0 saturated heterocycles. The molecule has 0 amide bonds. The third-order valence-corrected chi connectivity index (χ3v) is 26.8. The summed E-state index contributed by atoms with van der Waals surface area (Å²) in [5, 5.41) is 0. The van der Waals surface area contributed by atoms with Gasteiger partial charge in [0.1, 0.15) is 0 Å². The van der Waals surface area contributed by atoms with E-state index < -0.39 is 15.6 Å². The third-order valence-electron chi connectivity index (χ3n) is 26.8. The number of aromatic nitrogens is 6. The molecule has 93 heavy (non-hydrogen) atoms. The Kier molecular flexibility index (Phi) is 14.4. The quantitative estimate of drug-likeness (QED) is 0.130. The van der Waals surface area contributed by atoms with Crippen LogP contribution in [0.5, 0.6) is 0 Å². The van der Waals surface area contributed by atoms with E-state index in [0.717, 1.165) is 69.7 Å². The molecule has 6 aromatic heterocycles. The van der Waals surface area contributed by atoms with Crippen LogP contribution in [0.1, 0.15) is 224 Å². The van der Waals surface area contributed by atoms with Crippen LogP contribution in [0.4, 0.5) is 50.4 Å². The number of hydrogen-bond donors (Lipinski definition) is 0. The predicted molar refractivity (Wildman–Crippen MR) is 340 cm³/mol. The average molecular weight is 1510 g/mol. The molecule has 0 spiro atoms. The van der Waals surface area contributed by atoms with Gasteiger partial charge in [0.2, 0.25) is 0 Å². The van der Waals surface area contributed by atoms with Crippen molar-refractivity contribution < 1.29 is 70.2 Å². The molecule has 12 bridgehead atoms. The first kappa shape index (κ1) is 67.1. The van der Waals surface area contributed by atoms with Crippen molar-refractivity contribution >= 4 is 15.6 Å². The summed E-state index contributed by atoms with van der Waals surface area (Å²) in [5.74, 6) is 9.36. The number of hydrogen-bond acceptors (Lipinski definition) is 6. The fourth-order valence-electron chi connectivity index (χ4n) is 19.8. The summed E-state index contributed by atoms with van der Waals surface area (Å²) in [6.07, 6.45) is 28.4. The van der Waals surface area contributed by atoms with Crippen LogP contribution in [0, 0.1) is 68.0 Å². The molecular weight excluding hydrogens is 1430 g/mol. The minimum atomic E-state index is -10.7. The molecule has 504 valence electrons.